The maximum atomic E-state index is 12.4. The first kappa shape index (κ1) is 21.1. The molecule has 6 nitrogen and oxygen atoms in total. The van der Waals surface area contributed by atoms with Crippen LogP contribution in [0.1, 0.15) is 43.5 Å². The highest BCUT2D eigenvalue weighted by atomic mass is 32.1. The normalized spacial score (nSPS) is 22.1. The zero-order valence-electron chi connectivity index (χ0n) is 15.6. The van der Waals surface area contributed by atoms with Crippen LogP contribution in [0.5, 0.6) is 11.5 Å². The van der Waals surface area contributed by atoms with Crippen LogP contribution < -0.4 is 25.6 Å². The minimum Gasteiger partial charge on any atom is -0.493 e. The molecule has 1 aliphatic carbocycles. The molecule has 2 rings (SSSR count). The largest absolute Gasteiger partial charge is 0.493 e. The zero-order chi connectivity index (χ0) is 20.0. The van der Waals surface area contributed by atoms with Crippen LogP contribution in [0.2, 0.25) is 0 Å². The van der Waals surface area contributed by atoms with Crippen molar-refractivity contribution in [3.8, 4) is 11.5 Å². The van der Waals surface area contributed by atoms with Crippen molar-refractivity contribution >= 4 is 23.2 Å². The third kappa shape index (κ3) is 5.92. The number of benzene rings is 1. The number of halogens is 2. The lowest BCUT2D eigenvalue weighted by atomic mass is 9.78. The predicted octanol–water partition coefficient (Wildman–Crippen LogP) is 3.23. The van der Waals surface area contributed by atoms with E-state index in [0.29, 0.717) is 16.9 Å². The Bertz CT molecular complexity index is 675. The molecule has 1 saturated carbocycles. The molecule has 0 aromatic heterocycles. The van der Waals surface area contributed by atoms with Crippen molar-refractivity contribution in [2.45, 2.75) is 45.8 Å². The fourth-order valence-electron chi connectivity index (χ4n) is 3.18. The number of hydrogen-bond acceptors (Lipinski definition) is 4. The molecule has 1 aliphatic rings. The van der Waals surface area contributed by atoms with Crippen molar-refractivity contribution in [2.24, 2.45) is 11.8 Å². The lowest BCUT2D eigenvalue weighted by Crippen LogP contribution is -2.52. The molecule has 9 heteroatoms. The summed E-state index contributed by atoms with van der Waals surface area (Å²) < 4.78 is 34.0. The van der Waals surface area contributed by atoms with Gasteiger partial charge in [-0.05, 0) is 48.7 Å². The Hall–Kier alpha value is -2.16. The highest BCUT2D eigenvalue weighted by Crippen LogP contribution is 2.30. The summed E-state index contributed by atoms with van der Waals surface area (Å²) in [5.74, 6) is 0.519. The van der Waals surface area contributed by atoms with E-state index in [1.54, 1.807) is 0 Å². The molecule has 1 fully saturated rings. The van der Waals surface area contributed by atoms with Gasteiger partial charge < -0.3 is 14.8 Å². The van der Waals surface area contributed by atoms with E-state index in [2.05, 4.69) is 34.8 Å². The molecule has 0 unspecified atom stereocenters. The van der Waals surface area contributed by atoms with E-state index in [1.165, 1.54) is 31.7 Å². The van der Waals surface area contributed by atoms with E-state index in [4.69, 9.17) is 17.0 Å². The van der Waals surface area contributed by atoms with Gasteiger partial charge in [-0.2, -0.15) is 8.78 Å². The second-order valence-corrected chi connectivity index (χ2v) is 7.08. The van der Waals surface area contributed by atoms with Gasteiger partial charge in [-0.3, -0.25) is 15.6 Å². The number of hydrogen-bond donors (Lipinski definition) is 3. The summed E-state index contributed by atoms with van der Waals surface area (Å²) in [6.07, 6.45) is 3.39. The summed E-state index contributed by atoms with van der Waals surface area (Å²) in [6.45, 7) is 1.44. The maximum Gasteiger partial charge on any atom is 0.387 e. The number of rotatable bonds is 5. The van der Waals surface area contributed by atoms with Crippen LogP contribution in [0.3, 0.4) is 0 Å². The van der Waals surface area contributed by atoms with Crippen LogP contribution in [0.25, 0.3) is 0 Å². The quantitative estimate of drug-likeness (QED) is 0.520. The van der Waals surface area contributed by atoms with Gasteiger partial charge in [0.15, 0.2) is 16.6 Å². The van der Waals surface area contributed by atoms with E-state index in [1.807, 2.05) is 0 Å². The first-order chi connectivity index (χ1) is 12.8. The molecular weight excluding hydrogens is 376 g/mol. The molecule has 1 aromatic carbocycles. The molecule has 1 aromatic rings. The van der Waals surface area contributed by atoms with Crippen LogP contribution in [-0.2, 0) is 0 Å². The first-order valence-electron chi connectivity index (χ1n) is 8.81. The molecule has 3 N–H and O–H groups in total. The topological polar surface area (TPSA) is 71.6 Å². The number of methoxy groups -OCH3 is 1. The number of carbonyl (C=O) groups is 1. The van der Waals surface area contributed by atoms with E-state index in [-0.39, 0.29) is 23.1 Å². The minimum absolute atomic E-state index is 0.0358. The van der Waals surface area contributed by atoms with Gasteiger partial charge in [0.05, 0.1) is 7.11 Å². The number of nitrogens with one attached hydrogen (secondary N) is 3. The third-order valence-corrected chi connectivity index (χ3v) is 5.17. The van der Waals surface area contributed by atoms with Crippen LogP contribution >= 0.6 is 12.2 Å². The fourth-order valence-corrected chi connectivity index (χ4v) is 3.38. The molecule has 27 heavy (non-hydrogen) atoms. The van der Waals surface area contributed by atoms with E-state index >= 15 is 0 Å². The average Bonchev–Trinajstić information content (AvgIpc) is 2.63. The Morgan fingerprint density at radius 1 is 1.22 bits per heavy atom. The molecule has 0 bridgehead atoms. The molecule has 0 saturated heterocycles. The number of alkyl halides is 2. The molecule has 0 aliphatic heterocycles. The van der Waals surface area contributed by atoms with Gasteiger partial charge in [-0.15, -0.1) is 0 Å². The Morgan fingerprint density at radius 3 is 2.63 bits per heavy atom. The SMILES string of the molecule is COc1cc(C(=O)NNC(=S)N[C@H]2CCC[C@H](C)[C@H]2C)ccc1OC(F)F. The zero-order valence-corrected chi connectivity index (χ0v) is 16.4. The Balaban J connectivity index is 1.90. The maximum absolute atomic E-state index is 12.4. The van der Waals surface area contributed by atoms with Gasteiger partial charge in [0.25, 0.3) is 5.91 Å². The molecule has 1 amide bonds. The van der Waals surface area contributed by atoms with Crippen LogP contribution in [0, 0.1) is 11.8 Å². The average molecular weight is 401 g/mol. The van der Waals surface area contributed by atoms with E-state index < -0.39 is 12.5 Å². The van der Waals surface area contributed by atoms with Crippen LogP contribution in [0.15, 0.2) is 18.2 Å². The Kier molecular flexibility index (Phi) is 7.58. The molecule has 150 valence electrons. The number of hydrazine groups is 1. The summed E-state index contributed by atoms with van der Waals surface area (Å²) in [5, 5.41) is 3.57. The minimum atomic E-state index is -2.98. The van der Waals surface area contributed by atoms with Gasteiger partial charge >= 0.3 is 6.61 Å². The lowest BCUT2D eigenvalue weighted by Gasteiger charge is -2.35. The highest BCUT2D eigenvalue weighted by molar-refractivity contribution is 7.80. The van der Waals surface area contributed by atoms with Crippen molar-refractivity contribution < 1.29 is 23.0 Å². The van der Waals surface area contributed by atoms with Gasteiger partial charge in [0, 0.05) is 11.6 Å². The Labute approximate surface area is 163 Å². The van der Waals surface area contributed by atoms with Crippen molar-refractivity contribution in [1.82, 2.24) is 16.2 Å². The molecule has 0 heterocycles. The summed E-state index contributed by atoms with van der Waals surface area (Å²) in [4.78, 5) is 12.3. The molecular formula is C18H25F2N3O3S. The summed E-state index contributed by atoms with van der Waals surface area (Å²) in [5.41, 5.74) is 5.38. The van der Waals surface area contributed by atoms with E-state index in [0.717, 1.165) is 12.8 Å². The van der Waals surface area contributed by atoms with Crippen molar-refractivity contribution in [3.05, 3.63) is 23.8 Å². The smallest absolute Gasteiger partial charge is 0.387 e. The number of carbonyl (C=O) groups excluding carboxylic acids is 1. The molecule has 3 atom stereocenters. The second kappa shape index (κ2) is 9.68. The second-order valence-electron chi connectivity index (χ2n) is 6.67. The predicted molar refractivity (Wildman–Crippen MR) is 102 cm³/mol. The number of thiocarbonyl (C=S) groups is 1. The third-order valence-electron chi connectivity index (χ3n) is 4.95. The molecule has 0 spiro atoms. The van der Waals surface area contributed by atoms with E-state index in [9.17, 15) is 13.6 Å². The van der Waals surface area contributed by atoms with Crippen molar-refractivity contribution in [2.75, 3.05) is 7.11 Å². The lowest BCUT2D eigenvalue weighted by molar-refractivity contribution is -0.0512. The van der Waals surface area contributed by atoms with Crippen LogP contribution in [-0.4, -0.2) is 30.8 Å². The van der Waals surface area contributed by atoms with Crippen LogP contribution in [0.4, 0.5) is 8.78 Å². The van der Waals surface area contributed by atoms with Crippen molar-refractivity contribution in [1.29, 1.82) is 0 Å². The number of ether oxygens (including phenoxy) is 2. The fraction of sp³-hybridized carbons (Fsp3) is 0.556. The highest BCUT2D eigenvalue weighted by Gasteiger charge is 2.27. The standard InChI is InChI=1S/C18H25F2N3O3S/c1-10-5-4-6-13(11(10)2)21-18(27)23-22-16(24)12-7-8-14(26-17(19)20)15(9-12)25-3/h7-11,13,17H,4-6H2,1-3H3,(H,22,24)(H2,21,23,27)/t10-,11+,13-/m0/s1. The van der Waals surface area contributed by atoms with Gasteiger partial charge in [0.1, 0.15) is 0 Å². The van der Waals surface area contributed by atoms with Gasteiger partial charge in [0.2, 0.25) is 0 Å². The monoisotopic (exact) mass is 401 g/mol. The van der Waals surface area contributed by atoms with Gasteiger partial charge in [-0.25, -0.2) is 0 Å². The Morgan fingerprint density at radius 2 is 1.96 bits per heavy atom. The summed E-state index contributed by atoms with van der Waals surface area (Å²) in [6, 6.07) is 4.19. The number of amides is 1. The van der Waals surface area contributed by atoms with Crippen molar-refractivity contribution in [3.63, 3.8) is 0 Å². The first-order valence-corrected chi connectivity index (χ1v) is 9.22. The van der Waals surface area contributed by atoms with Gasteiger partial charge in [-0.1, -0.05) is 26.7 Å². The summed E-state index contributed by atoms with van der Waals surface area (Å²) >= 11 is 5.25. The summed E-state index contributed by atoms with van der Waals surface area (Å²) in [7, 11) is 1.30. The molecule has 0 radical (unpaired) electrons.